The van der Waals surface area contributed by atoms with E-state index in [1.165, 1.54) is 7.11 Å². The standard InChI is InChI=1S/C14H20N2O3/c1-4-7-14(18)8-16(9-14)12-6-5-11(10(2)15-12)13(17)19-3/h5-6,18H,4,7-9H2,1-3H3. The van der Waals surface area contributed by atoms with E-state index in [1.807, 2.05) is 4.90 Å². The first kappa shape index (κ1) is 13.8. The van der Waals surface area contributed by atoms with Crippen LogP contribution < -0.4 is 4.90 Å². The molecule has 5 nitrogen and oxygen atoms in total. The number of aliphatic hydroxyl groups is 1. The molecule has 0 spiro atoms. The molecule has 0 amide bonds. The maximum atomic E-state index is 11.5. The topological polar surface area (TPSA) is 62.7 Å². The molecule has 1 saturated heterocycles. The van der Waals surface area contributed by atoms with Gasteiger partial charge in [-0.05, 0) is 25.5 Å². The van der Waals surface area contributed by atoms with Gasteiger partial charge in [0, 0.05) is 13.1 Å². The fraction of sp³-hybridized carbons (Fsp3) is 0.571. The van der Waals surface area contributed by atoms with E-state index >= 15 is 0 Å². The van der Waals surface area contributed by atoms with E-state index in [0.717, 1.165) is 18.7 Å². The van der Waals surface area contributed by atoms with Crippen LogP contribution in [0.15, 0.2) is 12.1 Å². The smallest absolute Gasteiger partial charge is 0.339 e. The van der Waals surface area contributed by atoms with Crippen LogP contribution in [0.1, 0.15) is 35.8 Å². The highest BCUT2D eigenvalue weighted by Gasteiger charge is 2.40. The van der Waals surface area contributed by atoms with Crippen LogP contribution in [0, 0.1) is 6.92 Å². The second-order valence-electron chi connectivity index (χ2n) is 5.12. The summed E-state index contributed by atoms with van der Waals surface area (Å²) < 4.78 is 4.69. The average molecular weight is 264 g/mol. The Labute approximate surface area is 113 Å². The van der Waals surface area contributed by atoms with Crippen molar-refractivity contribution >= 4 is 11.8 Å². The van der Waals surface area contributed by atoms with Crippen molar-refractivity contribution in [2.24, 2.45) is 0 Å². The van der Waals surface area contributed by atoms with Gasteiger partial charge in [-0.3, -0.25) is 0 Å². The van der Waals surface area contributed by atoms with Gasteiger partial charge in [-0.15, -0.1) is 0 Å². The number of carbonyl (C=O) groups excluding carboxylic acids is 1. The van der Waals surface area contributed by atoms with Crippen molar-refractivity contribution in [2.45, 2.75) is 32.3 Å². The molecule has 0 unspecified atom stereocenters. The van der Waals surface area contributed by atoms with Crippen LogP contribution in [-0.4, -0.2) is 41.9 Å². The first-order valence-corrected chi connectivity index (χ1v) is 6.52. The number of esters is 1. The number of aryl methyl sites for hydroxylation is 1. The lowest BCUT2D eigenvalue weighted by atomic mass is 9.89. The highest BCUT2D eigenvalue weighted by molar-refractivity contribution is 5.90. The third-order valence-corrected chi connectivity index (χ3v) is 3.49. The lowest BCUT2D eigenvalue weighted by Gasteiger charge is -2.47. The Bertz CT molecular complexity index is 482. The van der Waals surface area contributed by atoms with Crippen LogP contribution in [0.2, 0.25) is 0 Å². The summed E-state index contributed by atoms with van der Waals surface area (Å²) in [5, 5.41) is 10.1. The van der Waals surface area contributed by atoms with Gasteiger partial charge < -0.3 is 14.7 Å². The number of pyridine rings is 1. The predicted molar refractivity (Wildman–Crippen MR) is 72.4 cm³/mol. The second-order valence-corrected chi connectivity index (χ2v) is 5.12. The van der Waals surface area contributed by atoms with E-state index in [2.05, 4.69) is 11.9 Å². The highest BCUT2D eigenvalue weighted by atomic mass is 16.5. The Balaban J connectivity index is 2.08. The molecule has 0 radical (unpaired) electrons. The molecule has 1 aliphatic heterocycles. The second kappa shape index (κ2) is 5.17. The molecule has 0 aliphatic carbocycles. The quantitative estimate of drug-likeness (QED) is 0.836. The summed E-state index contributed by atoms with van der Waals surface area (Å²) in [5.74, 6) is 0.425. The van der Waals surface area contributed by atoms with Gasteiger partial charge in [-0.25, -0.2) is 9.78 Å². The normalized spacial score (nSPS) is 16.9. The lowest BCUT2D eigenvalue weighted by molar-refractivity contribution is 0.00291. The first-order valence-electron chi connectivity index (χ1n) is 6.52. The predicted octanol–water partition coefficient (Wildman–Crippen LogP) is 1.53. The summed E-state index contributed by atoms with van der Waals surface area (Å²) in [6, 6.07) is 3.52. The zero-order chi connectivity index (χ0) is 14.0. The molecule has 0 aromatic carbocycles. The summed E-state index contributed by atoms with van der Waals surface area (Å²) >= 11 is 0. The minimum atomic E-state index is -0.578. The van der Waals surface area contributed by atoms with Crippen LogP contribution in [0.5, 0.6) is 0 Å². The molecular formula is C14H20N2O3. The molecule has 2 heterocycles. The Morgan fingerprint density at radius 3 is 2.74 bits per heavy atom. The molecule has 1 aliphatic rings. The van der Waals surface area contributed by atoms with E-state index in [4.69, 9.17) is 4.74 Å². The van der Waals surface area contributed by atoms with Crippen LogP contribution in [-0.2, 0) is 4.74 Å². The Hall–Kier alpha value is -1.62. The summed E-state index contributed by atoms with van der Waals surface area (Å²) in [6.45, 7) is 5.05. The molecule has 1 fully saturated rings. The third-order valence-electron chi connectivity index (χ3n) is 3.49. The molecule has 1 aromatic heterocycles. The summed E-state index contributed by atoms with van der Waals surface area (Å²) in [7, 11) is 1.36. The number of rotatable bonds is 4. The maximum absolute atomic E-state index is 11.5. The molecule has 0 bridgehead atoms. The minimum absolute atomic E-state index is 0.373. The zero-order valence-electron chi connectivity index (χ0n) is 11.6. The van der Waals surface area contributed by atoms with Crippen molar-refractivity contribution in [3.8, 4) is 0 Å². The number of carbonyl (C=O) groups is 1. The van der Waals surface area contributed by atoms with Crippen LogP contribution >= 0.6 is 0 Å². The van der Waals surface area contributed by atoms with E-state index < -0.39 is 5.60 Å². The molecule has 19 heavy (non-hydrogen) atoms. The van der Waals surface area contributed by atoms with Crippen molar-refractivity contribution < 1.29 is 14.6 Å². The number of methoxy groups -OCH3 is 1. The van der Waals surface area contributed by atoms with Gasteiger partial charge in [-0.2, -0.15) is 0 Å². The molecule has 5 heteroatoms. The third kappa shape index (κ3) is 2.71. The van der Waals surface area contributed by atoms with Gasteiger partial charge in [0.15, 0.2) is 0 Å². The van der Waals surface area contributed by atoms with Crippen molar-refractivity contribution in [1.29, 1.82) is 0 Å². The van der Waals surface area contributed by atoms with Gasteiger partial charge >= 0.3 is 5.97 Å². The van der Waals surface area contributed by atoms with Crippen molar-refractivity contribution in [2.75, 3.05) is 25.1 Å². The van der Waals surface area contributed by atoms with Gasteiger partial charge in [0.25, 0.3) is 0 Å². The number of hydrogen-bond acceptors (Lipinski definition) is 5. The molecule has 104 valence electrons. The summed E-state index contributed by atoms with van der Waals surface area (Å²) in [4.78, 5) is 17.9. The Kier molecular flexibility index (Phi) is 3.75. The van der Waals surface area contributed by atoms with Gasteiger partial charge in [0.05, 0.1) is 24.0 Å². The van der Waals surface area contributed by atoms with Crippen LogP contribution in [0.4, 0.5) is 5.82 Å². The molecule has 1 N–H and O–H groups in total. The average Bonchev–Trinajstić information content (AvgIpc) is 2.35. The molecule has 0 saturated carbocycles. The van der Waals surface area contributed by atoms with Crippen molar-refractivity contribution in [1.82, 2.24) is 4.98 Å². The number of nitrogens with zero attached hydrogens (tertiary/aromatic N) is 2. The van der Waals surface area contributed by atoms with Crippen LogP contribution in [0.3, 0.4) is 0 Å². The van der Waals surface area contributed by atoms with E-state index in [1.54, 1.807) is 19.1 Å². The fourth-order valence-electron chi connectivity index (χ4n) is 2.50. The Morgan fingerprint density at radius 1 is 1.53 bits per heavy atom. The molecular weight excluding hydrogens is 244 g/mol. The first-order chi connectivity index (χ1) is 8.99. The van der Waals surface area contributed by atoms with E-state index in [9.17, 15) is 9.90 Å². The zero-order valence-corrected chi connectivity index (χ0v) is 11.6. The van der Waals surface area contributed by atoms with Crippen LogP contribution in [0.25, 0.3) is 0 Å². The monoisotopic (exact) mass is 264 g/mol. The minimum Gasteiger partial charge on any atom is -0.465 e. The van der Waals surface area contributed by atoms with Gasteiger partial charge in [-0.1, -0.05) is 13.3 Å². The fourth-order valence-corrected chi connectivity index (χ4v) is 2.50. The van der Waals surface area contributed by atoms with E-state index in [-0.39, 0.29) is 5.97 Å². The van der Waals surface area contributed by atoms with E-state index in [0.29, 0.717) is 24.3 Å². The number of hydrogen-bond donors (Lipinski definition) is 1. The number of aromatic nitrogens is 1. The number of β-amino-alcohol motifs (C(OH)–C–C–N with tert-alkyl or cyclic N) is 1. The largest absolute Gasteiger partial charge is 0.465 e. The maximum Gasteiger partial charge on any atom is 0.339 e. The van der Waals surface area contributed by atoms with Gasteiger partial charge in [0.2, 0.25) is 0 Å². The number of ether oxygens (including phenoxy) is 1. The molecule has 0 atom stereocenters. The summed E-state index contributed by atoms with van der Waals surface area (Å²) in [5.41, 5.74) is 0.552. The highest BCUT2D eigenvalue weighted by Crippen LogP contribution is 2.30. The molecule has 1 aromatic rings. The van der Waals surface area contributed by atoms with Gasteiger partial charge in [0.1, 0.15) is 5.82 Å². The van der Waals surface area contributed by atoms with Crippen molar-refractivity contribution in [3.05, 3.63) is 23.4 Å². The Morgan fingerprint density at radius 2 is 2.21 bits per heavy atom. The number of anilines is 1. The summed E-state index contributed by atoms with van der Waals surface area (Å²) in [6.07, 6.45) is 1.78. The lowest BCUT2D eigenvalue weighted by Crippen LogP contribution is -2.62. The molecule has 2 rings (SSSR count). The van der Waals surface area contributed by atoms with Crippen molar-refractivity contribution in [3.63, 3.8) is 0 Å². The SMILES string of the molecule is CCCC1(O)CN(c2ccc(C(=O)OC)c(C)n2)C1.